The first-order valence-electron chi connectivity index (χ1n) is 8.90. The van der Waals surface area contributed by atoms with Crippen molar-refractivity contribution < 1.29 is 23.2 Å². The molecule has 0 spiro atoms. The predicted octanol–water partition coefficient (Wildman–Crippen LogP) is 3.01. The minimum absolute atomic E-state index is 0.0229. The number of hydrogen-bond donors (Lipinski definition) is 2. The lowest BCUT2D eigenvalue weighted by molar-refractivity contribution is -0.121. The van der Waals surface area contributed by atoms with Crippen LogP contribution >= 0.6 is 0 Å². The van der Waals surface area contributed by atoms with Gasteiger partial charge in [-0.1, -0.05) is 17.3 Å². The van der Waals surface area contributed by atoms with E-state index >= 15 is 0 Å². The maximum Gasteiger partial charge on any atom is 0.269 e. The molecule has 29 heavy (non-hydrogen) atoms. The molecule has 0 bridgehead atoms. The van der Waals surface area contributed by atoms with E-state index in [1.165, 1.54) is 24.3 Å². The number of hydrazine groups is 1. The number of rotatable bonds is 6. The van der Waals surface area contributed by atoms with Crippen molar-refractivity contribution in [1.82, 2.24) is 16.0 Å². The summed E-state index contributed by atoms with van der Waals surface area (Å²) in [6, 6.07) is 12.1. The van der Waals surface area contributed by atoms with Gasteiger partial charge in [0.05, 0.1) is 17.7 Å². The van der Waals surface area contributed by atoms with Crippen LogP contribution in [0.3, 0.4) is 0 Å². The molecule has 2 N–H and O–H groups in total. The predicted molar refractivity (Wildman–Crippen MR) is 102 cm³/mol. The summed E-state index contributed by atoms with van der Waals surface area (Å²) in [5.74, 6) is 0.0393. The average molecular weight is 397 g/mol. The Labute approximate surface area is 166 Å². The second kappa shape index (κ2) is 9.01. The Morgan fingerprint density at radius 3 is 2.34 bits per heavy atom. The third kappa shape index (κ3) is 5.41. The number of carbonyl (C=O) groups is 2. The molecule has 2 amide bonds. The standard InChI is InChI=1S/C21H20FN3O4/c1-13-19(14(2)29-25-13)12-28-18-9-5-16(6-10-18)21(27)24-23-20(26)11-15-3-7-17(22)8-4-15/h3-10H,11-12H2,1-2H3,(H,23,26)(H,24,27). The molecule has 2 aromatic carbocycles. The van der Waals surface area contributed by atoms with Gasteiger partial charge in [0.1, 0.15) is 23.9 Å². The van der Waals surface area contributed by atoms with E-state index < -0.39 is 11.8 Å². The SMILES string of the molecule is Cc1noc(C)c1COc1ccc(C(=O)NNC(=O)Cc2ccc(F)cc2)cc1. The van der Waals surface area contributed by atoms with Crippen LogP contribution in [0.2, 0.25) is 0 Å². The summed E-state index contributed by atoms with van der Waals surface area (Å²) < 4.78 is 23.7. The monoisotopic (exact) mass is 397 g/mol. The van der Waals surface area contributed by atoms with Crippen LogP contribution in [-0.2, 0) is 17.8 Å². The molecule has 0 aliphatic carbocycles. The Morgan fingerprint density at radius 2 is 1.72 bits per heavy atom. The topological polar surface area (TPSA) is 93.5 Å². The summed E-state index contributed by atoms with van der Waals surface area (Å²) in [5.41, 5.74) is 7.33. The van der Waals surface area contributed by atoms with Crippen molar-refractivity contribution in [2.75, 3.05) is 0 Å². The van der Waals surface area contributed by atoms with Gasteiger partial charge in [0.2, 0.25) is 5.91 Å². The van der Waals surface area contributed by atoms with E-state index in [2.05, 4.69) is 16.0 Å². The first-order valence-corrected chi connectivity index (χ1v) is 8.90. The molecule has 3 aromatic rings. The Morgan fingerprint density at radius 1 is 1.03 bits per heavy atom. The summed E-state index contributed by atoms with van der Waals surface area (Å²) >= 11 is 0. The third-order valence-electron chi connectivity index (χ3n) is 4.27. The molecule has 0 saturated heterocycles. The number of hydrogen-bond acceptors (Lipinski definition) is 5. The summed E-state index contributed by atoms with van der Waals surface area (Å²) in [4.78, 5) is 24.0. The summed E-state index contributed by atoms with van der Waals surface area (Å²) in [6.07, 6.45) is 0.0229. The van der Waals surface area contributed by atoms with E-state index in [9.17, 15) is 14.0 Å². The molecule has 0 aliphatic heterocycles. The van der Waals surface area contributed by atoms with Crippen LogP contribution in [0.15, 0.2) is 53.1 Å². The molecule has 0 radical (unpaired) electrons. The van der Waals surface area contributed by atoms with Gasteiger partial charge in [-0.2, -0.15) is 0 Å². The van der Waals surface area contributed by atoms with Gasteiger partial charge in [0, 0.05) is 5.56 Å². The quantitative estimate of drug-likeness (QED) is 0.624. The summed E-state index contributed by atoms with van der Waals surface area (Å²) in [5, 5.41) is 3.87. The minimum atomic E-state index is -0.463. The lowest BCUT2D eigenvalue weighted by Gasteiger charge is -2.09. The van der Waals surface area contributed by atoms with Gasteiger partial charge in [-0.25, -0.2) is 4.39 Å². The Hall–Kier alpha value is -3.68. The molecule has 7 nitrogen and oxygen atoms in total. The van der Waals surface area contributed by atoms with Gasteiger partial charge in [-0.3, -0.25) is 20.4 Å². The highest BCUT2D eigenvalue weighted by Crippen LogP contribution is 2.18. The smallest absolute Gasteiger partial charge is 0.269 e. The van der Waals surface area contributed by atoms with Crippen molar-refractivity contribution in [1.29, 1.82) is 0 Å². The number of aromatic nitrogens is 1. The van der Waals surface area contributed by atoms with Gasteiger partial charge >= 0.3 is 0 Å². The van der Waals surface area contributed by atoms with Gasteiger partial charge < -0.3 is 9.26 Å². The van der Waals surface area contributed by atoms with Crippen molar-refractivity contribution >= 4 is 11.8 Å². The molecule has 3 rings (SSSR count). The van der Waals surface area contributed by atoms with Crippen LogP contribution in [-0.4, -0.2) is 17.0 Å². The second-order valence-electron chi connectivity index (χ2n) is 6.42. The zero-order chi connectivity index (χ0) is 20.8. The summed E-state index contributed by atoms with van der Waals surface area (Å²) in [6.45, 7) is 3.97. The lowest BCUT2D eigenvalue weighted by Crippen LogP contribution is -2.42. The van der Waals surface area contributed by atoms with Crippen molar-refractivity contribution in [2.45, 2.75) is 26.9 Å². The first-order chi connectivity index (χ1) is 13.9. The number of benzene rings is 2. The van der Waals surface area contributed by atoms with E-state index in [1.54, 1.807) is 24.3 Å². The fraction of sp³-hybridized carbons (Fsp3) is 0.190. The molecule has 1 heterocycles. The first kappa shape index (κ1) is 20.1. The van der Waals surface area contributed by atoms with Crippen molar-refractivity contribution in [2.24, 2.45) is 0 Å². The number of carbonyl (C=O) groups excluding carboxylic acids is 2. The highest BCUT2D eigenvalue weighted by Gasteiger charge is 2.11. The Balaban J connectivity index is 1.48. The zero-order valence-electron chi connectivity index (χ0n) is 16.0. The van der Waals surface area contributed by atoms with Crippen molar-refractivity contribution in [3.05, 3.63) is 82.5 Å². The fourth-order valence-corrected chi connectivity index (χ4v) is 2.60. The molecular formula is C21H20FN3O4. The largest absolute Gasteiger partial charge is 0.489 e. The van der Waals surface area contributed by atoms with Gasteiger partial charge in [-0.05, 0) is 55.8 Å². The maximum absolute atomic E-state index is 12.9. The Bertz CT molecular complexity index is 978. The average Bonchev–Trinajstić information content (AvgIpc) is 3.04. The normalized spacial score (nSPS) is 10.4. The number of nitrogens with one attached hydrogen (secondary N) is 2. The highest BCUT2D eigenvalue weighted by atomic mass is 19.1. The number of aryl methyl sites for hydroxylation is 2. The van der Waals surface area contributed by atoms with E-state index in [0.29, 0.717) is 29.2 Å². The van der Waals surface area contributed by atoms with Crippen LogP contribution in [0.5, 0.6) is 5.75 Å². The molecule has 150 valence electrons. The molecular weight excluding hydrogens is 377 g/mol. The van der Waals surface area contributed by atoms with E-state index in [1.807, 2.05) is 13.8 Å². The fourth-order valence-electron chi connectivity index (χ4n) is 2.60. The molecule has 0 atom stereocenters. The molecule has 0 saturated carbocycles. The van der Waals surface area contributed by atoms with Crippen molar-refractivity contribution in [3.8, 4) is 5.75 Å². The van der Waals surface area contributed by atoms with E-state index in [-0.39, 0.29) is 12.2 Å². The molecule has 0 unspecified atom stereocenters. The number of ether oxygens (including phenoxy) is 1. The minimum Gasteiger partial charge on any atom is -0.489 e. The van der Waals surface area contributed by atoms with Gasteiger partial charge in [0.25, 0.3) is 5.91 Å². The van der Waals surface area contributed by atoms with E-state index in [4.69, 9.17) is 9.26 Å². The van der Waals surface area contributed by atoms with Crippen molar-refractivity contribution in [3.63, 3.8) is 0 Å². The molecule has 8 heteroatoms. The molecule has 1 aromatic heterocycles. The van der Waals surface area contributed by atoms with Crippen LogP contribution in [0.4, 0.5) is 4.39 Å². The molecule has 0 aliphatic rings. The summed E-state index contributed by atoms with van der Waals surface area (Å²) in [7, 11) is 0. The number of nitrogens with zero attached hydrogens (tertiary/aromatic N) is 1. The molecule has 0 fully saturated rings. The van der Waals surface area contributed by atoms with Crippen LogP contribution in [0, 0.1) is 19.7 Å². The Kier molecular flexibility index (Phi) is 6.23. The number of amides is 2. The van der Waals surface area contributed by atoms with Crippen LogP contribution in [0.1, 0.15) is 32.9 Å². The lowest BCUT2D eigenvalue weighted by atomic mass is 10.1. The maximum atomic E-state index is 12.9. The van der Waals surface area contributed by atoms with Gasteiger partial charge in [-0.15, -0.1) is 0 Å². The highest BCUT2D eigenvalue weighted by molar-refractivity contribution is 5.95. The van der Waals surface area contributed by atoms with Crippen LogP contribution in [0.25, 0.3) is 0 Å². The van der Waals surface area contributed by atoms with E-state index in [0.717, 1.165) is 11.3 Å². The third-order valence-corrected chi connectivity index (χ3v) is 4.27. The second-order valence-corrected chi connectivity index (χ2v) is 6.42. The number of halogens is 1. The van der Waals surface area contributed by atoms with Crippen LogP contribution < -0.4 is 15.6 Å². The zero-order valence-corrected chi connectivity index (χ0v) is 16.0. The van der Waals surface area contributed by atoms with Gasteiger partial charge in [0.15, 0.2) is 0 Å².